The van der Waals surface area contributed by atoms with E-state index in [9.17, 15) is 5.26 Å². The van der Waals surface area contributed by atoms with E-state index in [0.29, 0.717) is 12.1 Å². The highest BCUT2D eigenvalue weighted by molar-refractivity contribution is 5.70. The number of unbranched alkanes of at least 4 members (excludes halogenated alkanes) is 1. The average Bonchev–Trinajstić information content (AvgIpc) is 3.39. The van der Waals surface area contributed by atoms with Crippen LogP contribution in [0.25, 0.3) is 28.2 Å². The second-order valence-electron chi connectivity index (χ2n) is 8.58. The maximum absolute atomic E-state index is 9.44. The molecule has 168 valence electrons. The van der Waals surface area contributed by atoms with Crippen LogP contribution in [0.4, 0.5) is 0 Å². The Balaban J connectivity index is 1.52. The zero-order chi connectivity index (χ0) is 23.5. The van der Waals surface area contributed by atoms with E-state index >= 15 is 0 Å². The number of fused-ring (bicyclic) bond motifs is 1. The first-order chi connectivity index (χ1) is 16.7. The Kier molecular flexibility index (Phi) is 5.97. The quantitative estimate of drug-likeness (QED) is 0.290. The number of aromatic nitrogens is 4. The lowest BCUT2D eigenvalue weighted by Gasteiger charge is -2.09. The van der Waals surface area contributed by atoms with Crippen LogP contribution in [0, 0.1) is 18.3 Å². The lowest BCUT2D eigenvalue weighted by atomic mass is 9.99. The molecule has 0 aliphatic rings. The zero-order valence-corrected chi connectivity index (χ0v) is 19.6. The predicted octanol–water partition coefficient (Wildman–Crippen LogP) is 6.44. The molecule has 5 rings (SSSR count). The van der Waals surface area contributed by atoms with Crippen LogP contribution in [0.2, 0.25) is 0 Å². The van der Waals surface area contributed by atoms with Gasteiger partial charge in [-0.25, -0.2) is 9.50 Å². The predicted molar refractivity (Wildman–Crippen MR) is 135 cm³/mol. The van der Waals surface area contributed by atoms with Crippen molar-refractivity contribution in [2.45, 2.75) is 39.7 Å². The molecule has 0 fully saturated rings. The molecule has 0 aliphatic carbocycles. The van der Waals surface area contributed by atoms with Gasteiger partial charge >= 0.3 is 0 Å². The number of benzene rings is 3. The SMILES string of the molecule is CCCCc1nn2c(C)c(-c3ccccc3)nc2n1Cc1ccc(-c2ccccc2C#N)cc1. The molecule has 2 aromatic heterocycles. The van der Waals surface area contributed by atoms with Crippen molar-refractivity contribution in [2.75, 3.05) is 0 Å². The van der Waals surface area contributed by atoms with E-state index in [4.69, 9.17) is 10.1 Å². The van der Waals surface area contributed by atoms with Gasteiger partial charge in [-0.3, -0.25) is 4.57 Å². The van der Waals surface area contributed by atoms with Gasteiger partial charge in [-0.05, 0) is 36.1 Å². The van der Waals surface area contributed by atoms with Crippen LogP contribution in [0.3, 0.4) is 0 Å². The Labute approximate surface area is 199 Å². The third kappa shape index (κ3) is 3.99. The molecule has 0 amide bonds. The van der Waals surface area contributed by atoms with E-state index in [1.165, 1.54) is 5.56 Å². The topological polar surface area (TPSA) is 58.9 Å². The summed E-state index contributed by atoms with van der Waals surface area (Å²) in [6.07, 6.45) is 3.14. The highest BCUT2D eigenvalue weighted by Gasteiger charge is 2.19. The van der Waals surface area contributed by atoms with E-state index in [1.54, 1.807) is 0 Å². The van der Waals surface area contributed by atoms with Gasteiger partial charge in [-0.15, -0.1) is 0 Å². The van der Waals surface area contributed by atoms with Gasteiger partial charge in [-0.2, -0.15) is 10.4 Å². The Morgan fingerprint density at radius 1 is 0.882 bits per heavy atom. The summed E-state index contributed by atoms with van der Waals surface area (Å²) in [6, 6.07) is 28.8. The third-order valence-electron chi connectivity index (χ3n) is 6.28. The van der Waals surface area contributed by atoms with Gasteiger partial charge in [0, 0.05) is 12.0 Å². The van der Waals surface area contributed by atoms with Crippen LogP contribution >= 0.6 is 0 Å². The smallest absolute Gasteiger partial charge is 0.233 e. The minimum atomic E-state index is 0.690. The van der Waals surface area contributed by atoms with Gasteiger partial charge in [0.25, 0.3) is 0 Å². The molecule has 3 aromatic carbocycles. The molecule has 0 radical (unpaired) electrons. The fourth-order valence-corrected chi connectivity index (χ4v) is 4.41. The lowest BCUT2D eigenvalue weighted by Crippen LogP contribution is -2.06. The Morgan fingerprint density at radius 2 is 1.62 bits per heavy atom. The number of nitrogens with zero attached hydrogens (tertiary/aromatic N) is 5. The van der Waals surface area contributed by atoms with E-state index in [1.807, 2.05) is 47.0 Å². The largest absolute Gasteiger partial charge is 0.292 e. The normalized spacial score (nSPS) is 11.1. The fraction of sp³-hybridized carbons (Fsp3) is 0.207. The molecule has 5 aromatic rings. The van der Waals surface area contributed by atoms with Crippen molar-refractivity contribution in [3.05, 3.63) is 102 Å². The van der Waals surface area contributed by atoms with Crippen molar-refractivity contribution >= 4 is 5.78 Å². The molecular formula is C29H27N5. The Morgan fingerprint density at radius 3 is 2.35 bits per heavy atom. The van der Waals surface area contributed by atoms with Crippen LogP contribution in [0.5, 0.6) is 0 Å². The van der Waals surface area contributed by atoms with Crippen molar-refractivity contribution in [1.29, 1.82) is 5.26 Å². The minimum Gasteiger partial charge on any atom is -0.292 e. The number of rotatable bonds is 7. The molecule has 5 nitrogen and oxygen atoms in total. The summed E-state index contributed by atoms with van der Waals surface area (Å²) in [5.41, 5.74) is 7.01. The van der Waals surface area contributed by atoms with Crippen LogP contribution in [-0.2, 0) is 13.0 Å². The van der Waals surface area contributed by atoms with Crippen LogP contribution in [0.15, 0.2) is 78.9 Å². The summed E-state index contributed by atoms with van der Waals surface area (Å²) < 4.78 is 4.23. The van der Waals surface area contributed by atoms with Crippen molar-refractivity contribution in [1.82, 2.24) is 19.2 Å². The molecular weight excluding hydrogens is 418 g/mol. The first-order valence-electron chi connectivity index (χ1n) is 11.8. The van der Waals surface area contributed by atoms with Gasteiger partial charge in [0.05, 0.1) is 29.6 Å². The van der Waals surface area contributed by atoms with E-state index in [0.717, 1.165) is 58.9 Å². The first kappa shape index (κ1) is 21.7. The monoisotopic (exact) mass is 445 g/mol. The molecule has 0 unspecified atom stereocenters. The number of hydrogen-bond acceptors (Lipinski definition) is 3. The highest BCUT2D eigenvalue weighted by Crippen LogP contribution is 2.26. The molecule has 0 spiro atoms. The number of imidazole rings is 1. The molecule has 0 saturated heterocycles. The molecule has 0 atom stereocenters. The molecule has 2 heterocycles. The number of hydrogen-bond donors (Lipinski definition) is 0. The minimum absolute atomic E-state index is 0.690. The van der Waals surface area contributed by atoms with Gasteiger partial charge in [0.1, 0.15) is 5.82 Å². The maximum Gasteiger partial charge on any atom is 0.233 e. The summed E-state index contributed by atoms with van der Waals surface area (Å²) in [5.74, 6) is 1.94. The van der Waals surface area contributed by atoms with Crippen molar-refractivity contribution < 1.29 is 0 Å². The summed E-state index contributed by atoms with van der Waals surface area (Å²) >= 11 is 0. The Bertz CT molecular complexity index is 1470. The van der Waals surface area contributed by atoms with E-state index in [-0.39, 0.29) is 0 Å². The zero-order valence-electron chi connectivity index (χ0n) is 19.6. The third-order valence-corrected chi connectivity index (χ3v) is 6.28. The summed E-state index contributed by atoms with van der Waals surface area (Å²) in [4.78, 5) is 5.02. The summed E-state index contributed by atoms with van der Waals surface area (Å²) in [7, 11) is 0. The van der Waals surface area contributed by atoms with Gasteiger partial charge < -0.3 is 0 Å². The second-order valence-corrected chi connectivity index (χ2v) is 8.58. The number of nitriles is 1. The van der Waals surface area contributed by atoms with Crippen molar-refractivity contribution in [3.8, 4) is 28.5 Å². The van der Waals surface area contributed by atoms with Gasteiger partial charge in [0.2, 0.25) is 5.78 Å². The van der Waals surface area contributed by atoms with Crippen LogP contribution < -0.4 is 0 Å². The summed E-state index contributed by atoms with van der Waals surface area (Å²) in [6.45, 7) is 4.99. The molecule has 0 saturated carbocycles. The molecule has 0 bridgehead atoms. The van der Waals surface area contributed by atoms with Crippen LogP contribution in [-0.4, -0.2) is 19.2 Å². The maximum atomic E-state index is 9.44. The molecule has 5 heteroatoms. The van der Waals surface area contributed by atoms with E-state index in [2.05, 4.69) is 60.9 Å². The van der Waals surface area contributed by atoms with Gasteiger partial charge in [0.15, 0.2) is 0 Å². The lowest BCUT2D eigenvalue weighted by molar-refractivity contribution is 0.681. The standard InChI is InChI=1S/C29H27N5/c1-3-4-14-27-32-34-21(2)28(24-10-6-5-7-11-24)31-29(34)33(27)20-22-15-17-23(18-16-22)26-13-9-8-12-25(26)19-30/h5-13,15-18H,3-4,14,20H2,1-2H3. The van der Waals surface area contributed by atoms with E-state index < -0.39 is 0 Å². The van der Waals surface area contributed by atoms with Gasteiger partial charge in [-0.1, -0.05) is 86.1 Å². The van der Waals surface area contributed by atoms with Crippen molar-refractivity contribution in [2.24, 2.45) is 0 Å². The molecule has 34 heavy (non-hydrogen) atoms. The number of aryl methyl sites for hydroxylation is 2. The fourth-order valence-electron chi connectivity index (χ4n) is 4.41. The van der Waals surface area contributed by atoms with Crippen molar-refractivity contribution in [3.63, 3.8) is 0 Å². The van der Waals surface area contributed by atoms with Crippen LogP contribution in [0.1, 0.15) is 42.4 Å². The molecule has 0 aliphatic heterocycles. The first-order valence-corrected chi connectivity index (χ1v) is 11.8. The Hall–Kier alpha value is -4.17. The summed E-state index contributed by atoms with van der Waals surface area (Å²) in [5, 5.41) is 14.4. The highest BCUT2D eigenvalue weighted by atomic mass is 15.4. The molecule has 0 N–H and O–H groups in total. The second kappa shape index (κ2) is 9.36. The average molecular weight is 446 g/mol.